The van der Waals surface area contributed by atoms with Crippen molar-refractivity contribution in [1.29, 1.82) is 0 Å². The summed E-state index contributed by atoms with van der Waals surface area (Å²) in [6.45, 7) is 2.09. The predicted octanol–water partition coefficient (Wildman–Crippen LogP) is 3.63. The topological polar surface area (TPSA) is 69.0 Å². The molecule has 0 fully saturated rings. The third-order valence-electron chi connectivity index (χ3n) is 3.68. The lowest BCUT2D eigenvalue weighted by atomic mass is 10.2. The summed E-state index contributed by atoms with van der Waals surface area (Å²) in [5.74, 6) is -0.351. The van der Waals surface area contributed by atoms with Crippen LogP contribution in [-0.2, 0) is 11.3 Å². The van der Waals surface area contributed by atoms with Gasteiger partial charge in [0, 0.05) is 17.8 Å². The summed E-state index contributed by atoms with van der Waals surface area (Å²) < 4.78 is 6.83. The minimum absolute atomic E-state index is 0.213. The molecule has 0 radical (unpaired) electrons. The third-order valence-corrected chi connectivity index (χ3v) is 4.10. The van der Waals surface area contributed by atoms with Crippen LogP contribution >= 0.6 is 11.6 Å². The van der Waals surface area contributed by atoms with Crippen LogP contribution in [0.25, 0.3) is 5.69 Å². The van der Waals surface area contributed by atoms with Gasteiger partial charge in [-0.2, -0.15) is 0 Å². The summed E-state index contributed by atoms with van der Waals surface area (Å²) in [5, 5.41) is 11.6. The molecule has 0 aliphatic rings. The van der Waals surface area contributed by atoms with Crippen molar-refractivity contribution in [3.8, 4) is 5.69 Å². The number of para-hydroxylation sites is 1. The fourth-order valence-electron chi connectivity index (χ4n) is 2.43. The third kappa shape index (κ3) is 3.70. The summed E-state index contributed by atoms with van der Waals surface area (Å²) in [6.07, 6.45) is 0. The van der Waals surface area contributed by atoms with Gasteiger partial charge in [0.2, 0.25) is 0 Å². The maximum atomic E-state index is 12.6. The minimum Gasteiger partial charge on any atom is -0.378 e. The molecule has 0 atom stereocenters. The number of methoxy groups -OCH3 is 1. The number of nitrogens with zero attached hydrogens (tertiary/aromatic N) is 3. The Morgan fingerprint density at radius 1 is 1.24 bits per heavy atom. The van der Waals surface area contributed by atoms with Crippen LogP contribution in [0.4, 0.5) is 5.69 Å². The van der Waals surface area contributed by atoms with E-state index in [1.807, 2.05) is 37.3 Å². The number of aryl methyl sites for hydroxylation is 1. The number of aromatic nitrogens is 3. The lowest BCUT2D eigenvalue weighted by Gasteiger charge is -2.08. The van der Waals surface area contributed by atoms with Gasteiger partial charge in [0.1, 0.15) is 5.69 Å². The zero-order valence-electron chi connectivity index (χ0n) is 13.9. The molecule has 128 valence electrons. The predicted molar refractivity (Wildman–Crippen MR) is 96.2 cm³/mol. The molecule has 0 aliphatic heterocycles. The van der Waals surface area contributed by atoms with Crippen molar-refractivity contribution in [2.24, 2.45) is 0 Å². The molecule has 1 amide bonds. The first kappa shape index (κ1) is 17.1. The minimum atomic E-state index is -0.351. The first-order chi connectivity index (χ1) is 12.1. The Hall–Kier alpha value is -2.70. The molecule has 0 saturated heterocycles. The highest BCUT2D eigenvalue weighted by Gasteiger charge is 2.20. The second kappa shape index (κ2) is 7.46. The Balaban J connectivity index is 1.92. The van der Waals surface area contributed by atoms with E-state index in [9.17, 15) is 4.79 Å². The van der Waals surface area contributed by atoms with Crippen molar-refractivity contribution in [2.75, 3.05) is 12.4 Å². The number of hydrogen-bond acceptors (Lipinski definition) is 4. The van der Waals surface area contributed by atoms with Gasteiger partial charge in [-0.3, -0.25) is 4.79 Å². The molecule has 25 heavy (non-hydrogen) atoms. The van der Waals surface area contributed by atoms with E-state index >= 15 is 0 Å². The van der Waals surface area contributed by atoms with E-state index in [0.29, 0.717) is 16.4 Å². The monoisotopic (exact) mass is 356 g/mol. The first-order valence-corrected chi connectivity index (χ1v) is 8.04. The smallest absolute Gasteiger partial charge is 0.278 e. The summed E-state index contributed by atoms with van der Waals surface area (Å²) in [7, 11) is 1.56. The van der Waals surface area contributed by atoms with Gasteiger partial charge >= 0.3 is 0 Å². The molecule has 0 spiro atoms. The van der Waals surface area contributed by atoms with Crippen LogP contribution in [0.2, 0.25) is 5.02 Å². The second-order valence-electron chi connectivity index (χ2n) is 5.48. The van der Waals surface area contributed by atoms with Crippen LogP contribution in [-0.4, -0.2) is 28.0 Å². The van der Waals surface area contributed by atoms with Crippen molar-refractivity contribution in [2.45, 2.75) is 13.5 Å². The van der Waals surface area contributed by atoms with E-state index in [4.69, 9.17) is 16.3 Å². The number of carbonyl (C=O) groups is 1. The van der Waals surface area contributed by atoms with Crippen LogP contribution in [0.3, 0.4) is 0 Å². The van der Waals surface area contributed by atoms with Crippen molar-refractivity contribution >= 4 is 23.2 Å². The molecular formula is C18H17ClN4O2. The lowest BCUT2D eigenvalue weighted by molar-refractivity contribution is 0.101. The lowest BCUT2D eigenvalue weighted by Crippen LogP contribution is -2.16. The van der Waals surface area contributed by atoms with E-state index in [1.54, 1.807) is 30.0 Å². The van der Waals surface area contributed by atoms with E-state index in [2.05, 4.69) is 15.6 Å². The quantitative estimate of drug-likeness (QED) is 0.758. The van der Waals surface area contributed by atoms with E-state index < -0.39 is 0 Å². The Labute approximate surface area is 150 Å². The summed E-state index contributed by atoms with van der Waals surface area (Å²) in [5.41, 5.74) is 3.13. The van der Waals surface area contributed by atoms with E-state index in [0.717, 1.165) is 11.3 Å². The number of benzene rings is 2. The standard InChI is InChI=1S/C18H17ClN4O2/c1-12-10-13(8-9-15(12)19)20-18(24)17-16(11-25-2)23(22-21-17)14-6-4-3-5-7-14/h3-10H,11H2,1-2H3,(H,20,24). The van der Waals surface area contributed by atoms with Gasteiger partial charge in [-0.1, -0.05) is 35.0 Å². The van der Waals surface area contributed by atoms with Crippen molar-refractivity contribution in [3.05, 3.63) is 70.5 Å². The number of amides is 1. The Morgan fingerprint density at radius 2 is 2.00 bits per heavy atom. The summed E-state index contributed by atoms with van der Waals surface area (Å²) in [6, 6.07) is 14.8. The van der Waals surface area contributed by atoms with Crippen molar-refractivity contribution < 1.29 is 9.53 Å². The largest absolute Gasteiger partial charge is 0.378 e. The van der Waals surface area contributed by atoms with Gasteiger partial charge in [0.05, 0.1) is 12.3 Å². The van der Waals surface area contributed by atoms with Crippen LogP contribution in [0, 0.1) is 6.92 Å². The highest BCUT2D eigenvalue weighted by Crippen LogP contribution is 2.21. The maximum Gasteiger partial charge on any atom is 0.278 e. The zero-order chi connectivity index (χ0) is 17.8. The number of ether oxygens (including phenoxy) is 1. The fraction of sp³-hybridized carbons (Fsp3) is 0.167. The van der Waals surface area contributed by atoms with E-state index in [1.165, 1.54) is 0 Å². The van der Waals surface area contributed by atoms with Gasteiger partial charge in [-0.25, -0.2) is 4.68 Å². The molecule has 0 saturated carbocycles. The molecular weight excluding hydrogens is 340 g/mol. The number of hydrogen-bond donors (Lipinski definition) is 1. The maximum absolute atomic E-state index is 12.6. The van der Waals surface area contributed by atoms with E-state index in [-0.39, 0.29) is 18.2 Å². The zero-order valence-corrected chi connectivity index (χ0v) is 14.6. The molecule has 2 aromatic carbocycles. The molecule has 1 aromatic heterocycles. The Kier molecular flexibility index (Phi) is 5.11. The van der Waals surface area contributed by atoms with Gasteiger partial charge < -0.3 is 10.1 Å². The highest BCUT2D eigenvalue weighted by atomic mass is 35.5. The normalized spacial score (nSPS) is 10.7. The van der Waals surface area contributed by atoms with Crippen LogP contribution in [0.1, 0.15) is 21.7 Å². The van der Waals surface area contributed by atoms with Crippen LogP contribution in [0.5, 0.6) is 0 Å². The van der Waals surface area contributed by atoms with Gasteiger partial charge in [0.15, 0.2) is 5.69 Å². The number of rotatable bonds is 5. The van der Waals surface area contributed by atoms with Crippen molar-refractivity contribution in [1.82, 2.24) is 15.0 Å². The molecule has 3 aromatic rings. The molecule has 3 rings (SSSR count). The molecule has 7 heteroatoms. The summed E-state index contributed by atoms with van der Waals surface area (Å²) >= 11 is 6.02. The average Bonchev–Trinajstić information content (AvgIpc) is 3.03. The number of nitrogens with one attached hydrogen (secondary N) is 1. The molecule has 0 bridgehead atoms. The number of carbonyl (C=O) groups excluding carboxylic acids is 1. The fourth-order valence-corrected chi connectivity index (χ4v) is 2.55. The SMILES string of the molecule is COCc1c(C(=O)Nc2ccc(Cl)c(C)c2)nnn1-c1ccccc1. The van der Waals surface area contributed by atoms with Crippen LogP contribution in [0.15, 0.2) is 48.5 Å². The first-order valence-electron chi connectivity index (χ1n) is 7.66. The van der Waals surface area contributed by atoms with Gasteiger partial charge in [0.25, 0.3) is 5.91 Å². The molecule has 0 aliphatic carbocycles. The van der Waals surface area contributed by atoms with Crippen molar-refractivity contribution in [3.63, 3.8) is 0 Å². The molecule has 6 nitrogen and oxygen atoms in total. The number of halogens is 1. The average molecular weight is 357 g/mol. The number of anilines is 1. The molecule has 1 heterocycles. The van der Waals surface area contributed by atoms with Crippen LogP contribution < -0.4 is 5.32 Å². The van der Waals surface area contributed by atoms with Gasteiger partial charge in [-0.05, 0) is 42.8 Å². The summed E-state index contributed by atoms with van der Waals surface area (Å²) in [4.78, 5) is 12.6. The molecule has 1 N–H and O–H groups in total. The highest BCUT2D eigenvalue weighted by molar-refractivity contribution is 6.31. The second-order valence-corrected chi connectivity index (χ2v) is 5.89. The van der Waals surface area contributed by atoms with Gasteiger partial charge in [-0.15, -0.1) is 5.10 Å². The Bertz CT molecular complexity index is 893. The molecule has 0 unspecified atom stereocenters. The Morgan fingerprint density at radius 3 is 2.68 bits per heavy atom.